The molecule has 0 aromatic carbocycles. The number of nitrogens with zero attached hydrogens (tertiary/aromatic N) is 4. The lowest BCUT2D eigenvalue weighted by molar-refractivity contribution is 0.220. The average molecular weight is 263 g/mol. The first-order valence-electron chi connectivity index (χ1n) is 7.60. The maximum Gasteiger partial charge on any atom is 0.141 e. The molecular formula is C14H25N5. The van der Waals surface area contributed by atoms with Crippen LogP contribution in [0.15, 0.2) is 6.33 Å². The Morgan fingerprint density at radius 2 is 2.26 bits per heavy atom. The van der Waals surface area contributed by atoms with Crippen molar-refractivity contribution in [3.05, 3.63) is 12.2 Å². The van der Waals surface area contributed by atoms with Gasteiger partial charge in [-0.2, -0.15) is 5.10 Å². The molecule has 0 bridgehead atoms. The zero-order chi connectivity index (χ0) is 13.2. The fraction of sp³-hybridized carbons (Fsp3) is 0.857. The summed E-state index contributed by atoms with van der Waals surface area (Å²) in [5.41, 5.74) is 0. The van der Waals surface area contributed by atoms with E-state index in [-0.39, 0.29) is 0 Å². The molecule has 3 rings (SSSR count). The van der Waals surface area contributed by atoms with Crippen molar-refractivity contribution >= 4 is 0 Å². The molecule has 1 atom stereocenters. The third-order valence-electron chi connectivity index (χ3n) is 4.16. The summed E-state index contributed by atoms with van der Waals surface area (Å²) in [4.78, 5) is 7.05. The summed E-state index contributed by atoms with van der Waals surface area (Å²) in [6.07, 6.45) is 7.03. The Morgan fingerprint density at radius 1 is 1.42 bits per heavy atom. The van der Waals surface area contributed by atoms with Crippen molar-refractivity contribution in [2.45, 2.75) is 64.2 Å². The van der Waals surface area contributed by atoms with Gasteiger partial charge in [0.2, 0.25) is 0 Å². The Kier molecular flexibility index (Phi) is 3.84. The number of hydrogen-bond donors (Lipinski definition) is 1. The Bertz CT molecular complexity index is 404. The minimum absolute atomic E-state index is 0.392. The van der Waals surface area contributed by atoms with E-state index >= 15 is 0 Å². The topological polar surface area (TPSA) is 46.0 Å². The van der Waals surface area contributed by atoms with E-state index in [2.05, 4.69) is 38.8 Å². The minimum atomic E-state index is 0.392. The van der Waals surface area contributed by atoms with Crippen molar-refractivity contribution in [1.82, 2.24) is 25.0 Å². The van der Waals surface area contributed by atoms with Gasteiger partial charge < -0.3 is 5.32 Å². The van der Waals surface area contributed by atoms with E-state index in [4.69, 9.17) is 0 Å². The molecule has 1 aromatic rings. The molecule has 2 heterocycles. The summed E-state index contributed by atoms with van der Waals surface area (Å²) in [6.45, 7) is 7.62. The minimum Gasteiger partial charge on any atom is -0.313 e. The highest BCUT2D eigenvalue weighted by atomic mass is 15.4. The van der Waals surface area contributed by atoms with Gasteiger partial charge >= 0.3 is 0 Å². The highest BCUT2D eigenvalue weighted by molar-refractivity contribution is 4.94. The van der Waals surface area contributed by atoms with Crippen LogP contribution in [0, 0.1) is 0 Å². The van der Waals surface area contributed by atoms with Gasteiger partial charge in [0.25, 0.3) is 0 Å². The SMILES string of the molecule is CC(C)n1ncnc1CN(CC1CCCN1)C1CC1. The Morgan fingerprint density at radius 3 is 2.89 bits per heavy atom. The predicted molar refractivity (Wildman–Crippen MR) is 74.9 cm³/mol. The standard InChI is InChI=1S/C14H25N5/c1-11(2)19-14(16-10-17-19)9-18(13-5-6-13)8-12-4-3-7-15-12/h10-13,15H,3-9H2,1-2H3. The van der Waals surface area contributed by atoms with Crippen molar-refractivity contribution in [2.75, 3.05) is 13.1 Å². The van der Waals surface area contributed by atoms with Crippen LogP contribution in [0.5, 0.6) is 0 Å². The normalized spacial score (nSPS) is 23.7. The molecule has 1 N–H and O–H groups in total. The molecule has 0 amide bonds. The maximum atomic E-state index is 4.45. The maximum absolute atomic E-state index is 4.45. The van der Waals surface area contributed by atoms with Crippen LogP contribution in [-0.2, 0) is 6.54 Å². The molecule has 2 fully saturated rings. The molecule has 5 nitrogen and oxygen atoms in total. The van der Waals surface area contributed by atoms with Gasteiger partial charge in [-0.3, -0.25) is 4.90 Å². The monoisotopic (exact) mass is 263 g/mol. The van der Waals surface area contributed by atoms with Gasteiger partial charge in [0.1, 0.15) is 12.2 Å². The smallest absolute Gasteiger partial charge is 0.141 e. The van der Waals surface area contributed by atoms with Gasteiger partial charge in [-0.05, 0) is 46.1 Å². The molecule has 1 unspecified atom stereocenters. The summed E-state index contributed by atoms with van der Waals surface area (Å²) >= 11 is 0. The van der Waals surface area contributed by atoms with Crippen molar-refractivity contribution in [3.63, 3.8) is 0 Å². The molecule has 2 aliphatic rings. The molecule has 1 saturated heterocycles. The van der Waals surface area contributed by atoms with E-state index < -0.39 is 0 Å². The molecule has 106 valence electrons. The zero-order valence-electron chi connectivity index (χ0n) is 12.0. The average Bonchev–Trinajstić information content (AvgIpc) is 2.90. The summed E-state index contributed by atoms with van der Waals surface area (Å²) in [7, 11) is 0. The number of hydrogen-bond acceptors (Lipinski definition) is 4. The van der Waals surface area contributed by atoms with Gasteiger partial charge in [-0.15, -0.1) is 0 Å². The highest BCUT2D eigenvalue weighted by Gasteiger charge is 2.32. The van der Waals surface area contributed by atoms with Gasteiger partial charge in [0, 0.05) is 24.7 Å². The van der Waals surface area contributed by atoms with Crippen LogP contribution in [0.2, 0.25) is 0 Å². The van der Waals surface area contributed by atoms with Crippen LogP contribution in [0.1, 0.15) is 51.4 Å². The van der Waals surface area contributed by atoms with Gasteiger partial charge in [0.05, 0.1) is 6.54 Å². The van der Waals surface area contributed by atoms with E-state index in [9.17, 15) is 0 Å². The second-order valence-electron chi connectivity index (χ2n) is 6.17. The fourth-order valence-electron chi connectivity index (χ4n) is 2.98. The first-order valence-corrected chi connectivity index (χ1v) is 7.60. The molecule has 19 heavy (non-hydrogen) atoms. The van der Waals surface area contributed by atoms with E-state index in [0.717, 1.165) is 25.0 Å². The molecule has 1 aliphatic heterocycles. The summed E-state index contributed by atoms with van der Waals surface area (Å²) in [6, 6.07) is 1.85. The van der Waals surface area contributed by atoms with Crippen LogP contribution in [0.3, 0.4) is 0 Å². The molecule has 0 spiro atoms. The third kappa shape index (κ3) is 3.15. The Hall–Kier alpha value is -0.940. The van der Waals surface area contributed by atoms with Crippen LogP contribution < -0.4 is 5.32 Å². The largest absolute Gasteiger partial charge is 0.313 e. The van der Waals surface area contributed by atoms with E-state index in [0.29, 0.717) is 12.1 Å². The molecule has 5 heteroatoms. The Balaban J connectivity index is 1.65. The second-order valence-corrected chi connectivity index (χ2v) is 6.17. The van der Waals surface area contributed by atoms with Crippen LogP contribution >= 0.6 is 0 Å². The van der Waals surface area contributed by atoms with Crippen molar-refractivity contribution in [2.24, 2.45) is 0 Å². The third-order valence-corrected chi connectivity index (χ3v) is 4.16. The van der Waals surface area contributed by atoms with Gasteiger partial charge in [-0.1, -0.05) is 0 Å². The van der Waals surface area contributed by atoms with E-state index in [1.54, 1.807) is 6.33 Å². The van der Waals surface area contributed by atoms with Crippen LogP contribution in [-0.4, -0.2) is 44.8 Å². The van der Waals surface area contributed by atoms with Crippen molar-refractivity contribution < 1.29 is 0 Å². The van der Waals surface area contributed by atoms with Crippen LogP contribution in [0.4, 0.5) is 0 Å². The molecule has 0 radical (unpaired) electrons. The fourth-order valence-corrected chi connectivity index (χ4v) is 2.98. The zero-order valence-corrected chi connectivity index (χ0v) is 12.0. The van der Waals surface area contributed by atoms with Crippen LogP contribution in [0.25, 0.3) is 0 Å². The first kappa shape index (κ1) is 13.1. The molecular weight excluding hydrogens is 238 g/mol. The highest BCUT2D eigenvalue weighted by Crippen LogP contribution is 2.29. The van der Waals surface area contributed by atoms with Gasteiger partial charge in [-0.25, -0.2) is 9.67 Å². The summed E-state index contributed by atoms with van der Waals surface area (Å²) in [5, 5.41) is 7.95. The molecule has 1 saturated carbocycles. The number of nitrogens with one attached hydrogen (secondary N) is 1. The quantitative estimate of drug-likeness (QED) is 0.846. The lowest BCUT2D eigenvalue weighted by Gasteiger charge is -2.25. The Labute approximate surface area is 115 Å². The number of rotatable bonds is 6. The van der Waals surface area contributed by atoms with Gasteiger partial charge in [0.15, 0.2) is 0 Å². The predicted octanol–water partition coefficient (Wildman–Crippen LogP) is 1.58. The lowest BCUT2D eigenvalue weighted by Crippen LogP contribution is -2.39. The van der Waals surface area contributed by atoms with E-state index in [1.807, 2.05) is 0 Å². The first-order chi connectivity index (χ1) is 9.24. The summed E-state index contributed by atoms with van der Waals surface area (Å²) in [5.74, 6) is 1.11. The van der Waals surface area contributed by atoms with Crippen molar-refractivity contribution in [3.8, 4) is 0 Å². The van der Waals surface area contributed by atoms with Crippen molar-refractivity contribution in [1.29, 1.82) is 0 Å². The van der Waals surface area contributed by atoms with E-state index in [1.165, 1.54) is 32.2 Å². The summed E-state index contributed by atoms with van der Waals surface area (Å²) < 4.78 is 2.05. The number of aromatic nitrogens is 3. The molecule has 1 aliphatic carbocycles. The molecule has 1 aromatic heterocycles. The second kappa shape index (κ2) is 5.59. The lowest BCUT2D eigenvalue weighted by atomic mass is 10.2.